The predicted molar refractivity (Wildman–Crippen MR) is 81.7 cm³/mol. The lowest BCUT2D eigenvalue weighted by Crippen LogP contribution is -2.37. The summed E-state index contributed by atoms with van der Waals surface area (Å²) in [6.07, 6.45) is 0. The van der Waals surface area contributed by atoms with E-state index >= 15 is 0 Å². The smallest absolute Gasteiger partial charge is 0.199 e. The van der Waals surface area contributed by atoms with Crippen LogP contribution in [-0.4, -0.2) is 29.4 Å². The van der Waals surface area contributed by atoms with E-state index in [2.05, 4.69) is 10.3 Å². The second kappa shape index (κ2) is 6.71. The van der Waals surface area contributed by atoms with Crippen molar-refractivity contribution in [1.29, 1.82) is 0 Å². The zero-order chi connectivity index (χ0) is 12.4. The molecule has 1 unspecified atom stereocenters. The zero-order valence-electron chi connectivity index (χ0n) is 9.66. The van der Waals surface area contributed by atoms with Crippen molar-refractivity contribution in [3.63, 3.8) is 0 Å². The molecule has 0 aromatic heterocycles. The highest BCUT2D eigenvalue weighted by molar-refractivity contribution is 6.39. The molecule has 2 rings (SSSR count). The summed E-state index contributed by atoms with van der Waals surface area (Å²) in [5, 5.41) is 4.26. The molecule has 1 heterocycles. The van der Waals surface area contributed by atoms with Crippen molar-refractivity contribution in [2.75, 3.05) is 18.4 Å². The summed E-state index contributed by atoms with van der Waals surface area (Å²) in [4.78, 5) is 6.31. The lowest BCUT2D eigenvalue weighted by atomic mass is 10.3. The Bertz CT molecular complexity index is 428. The third-order valence-electron chi connectivity index (χ3n) is 2.50. The Balaban J connectivity index is 0.00000162. The molecule has 1 N–H and O–H groups in total. The summed E-state index contributed by atoms with van der Waals surface area (Å²) in [6, 6.07) is 5.35. The van der Waals surface area contributed by atoms with Crippen LogP contribution in [0, 0.1) is 0 Å². The zero-order valence-corrected chi connectivity index (χ0v) is 12.7. The lowest BCUT2D eigenvalue weighted by Gasteiger charge is -2.24. The van der Waals surface area contributed by atoms with Gasteiger partial charge in [0.15, 0.2) is 5.96 Å². The second-order valence-electron chi connectivity index (χ2n) is 3.69. The van der Waals surface area contributed by atoms with E-state index in [1.165, 1.54) is 0 Å². The summed E-state index contributed by atoms with van der Waals surface area (Å²) >= 11 is 18.2. The number of nitrogens with one attached hydrogen (secondary N) is 1. The molecule has 3 nitrogen and oxygen atoms in total. The molecule has 0 radical (unpaired) electrons. The number of benzene rings is 1. The second-order valence-corrected chi connectivity index (χ2v) is 5.14. The van der Waals surface area contributed by atoms with Crippen molar-refractivity contribution in [2.24, 2.45) is 4.99 Å². The molecule has 0 saturated carbocycles. The summed E-state index contributed by atoms with van der Waals surface area (Å²) in [7, 11) is 0. The topological polar surface area (TPSA) is 27.6 Å². The number of anilines is 1. The molecule has 18 heavy (non-hydrogen) atoms. The van der Waals surface area contributed by atoms with Crippen molar-refractivity contribution >= 4 is 58.9 Å². The van der Waals surface area contributed by atoms with Crippen LogP contribution in [0.25, 0.3) is 0 Å². The number of halogens is 4. The molecule has 0 amide bonds. The number of para-hydroxylation sites is 1. The summed E-state index contributed by atoms with van der Waals surface area (Å²) < 4.78 is 0. The van der Waals surface area contributed by atoms with Gasteiger partial charge in [0.25, 0.3) is 0 Å². The van der Waals surface area contributed by atoms with Crippen LogP contribution in [0.15, 0.2) is 23.2 Å². The number of rotatable bonds is 2. The number of hydrogen-bond donors (Lipinski definition) is 1. The van der Waals surface area contributed by atoms with Crippen molar-refractivity contribution in [1.82, 2.24) is 4.90 Å². The van der Waals surface area contributed by atoms with Gasteiger partial charge in [-0.05, 0) is 19.1 Å². The van der Waals surface area contributed by atoms with Crippen molar-refractivity contribution in [2.45, 2.75) is 12.4 Å². The van der Waals surface area contributed by atoms with E-state index in [1.54, 1.807) is 18.2 Å². The molecule has 1 aliphatic heterocycles. The Morgan fingerprint density at radius 1 is 1.33 bits per heavy atom. The Morgan fingerprint density at radius 2 is 1.94 bits per heavy atom. The van der Waals surface area contributed by atoms with Crippen LogP contribution in [0.5, 0.6) is 0 Å². The average molecular weight is 329 g/mol. The lowest BCUT2D eigenvalue weighted by molar-refractivity contribution is 0.444. The molecule has 0 saturated heterocycles. The SMILES string of the molecule is CC(Cl)N1CCN=C1Nc1c(Cl)cccc1Cl.Cl. The van der Waals surface area contributed by atoms with Crippen LogP contribution in [-0.2, 0) is 0 Å². The minimum absolute atomic E-state index is 0. The first-order chi connectivity index (χ1) is 8.09. The van der Waals surface area contributed by atoms with E-state index in [1.807, 2.05) is 11.8 Å². The fourth-order valence-electron chi connectivity index (χ4n) is 1.65. The maximum absolute atomic E-state index is 6.08. The van der Waals surface area contributed by atoms with Gasteiger partial charge in [-0.2, -0.15) is 0 Å². The first-order valence-electron chi connectivity index (χ1n) is 5.26. The van der Waals surface area contributed by atoms with E-state index < -0.39 is 0 Å². The van der Waals surface area contributed by atoms with Crippen LogP contribution < -0.4 is 5.32 Å². The molecule has 0 fully saturated rings. The minimum Gasteiger partial charge on any atom is -0.325 e. The van der Waals surface area contributed by atoms with Crippen LogP contribution in [0.4, 0.5) is 5.69 Å². The summed E-state index contributed by atoms with van der Waals surface area (Å²) in [6.45, 7) is 3.43. The van der Waals surface area contributed by atoms with Crippen molar-refractivity contribution in [3.8, 4) is 0 Å². The van der Waals surface area contributed by atoms with Gasteiger partial charge in [-0.1, -0.05) is 40.9 Å². The molecule has 100 valence electrons. The number of guanidine groups is 1. The molecular weight excluding hydrogens is 316 g/mol. The van der Waals surface area contributed by atoms with E-state index in [9.17, 15) is 0 Å². The van der Waals surface area contributed by atoms with Gasteiger partial charge < -0.3 is 10.2 Å². The maximum atomic E-state index is 6.08. The third kappa shape index (κ3) is 3.35. The van der Waals surface area contributed by atoms with Gasteiger partial charge in [0, 0.05) is 6.54 Å². The highest BCUT2D eigenvalue weighted by Crippen LogP contribution is 2.30. The number of aliphatic imine (C=N–C) groups is 1. The van der Waals surface area contributed by atoms with Crippen molar-refractivity contribution < 1.29 is 0 Å². The monoisotopic (exact) mass is 327 g/mol. The van der Waals surface area contributed by atoms with Crippen LogP contribution in [0.1, 0.15) is 6.92 Å². The van der Waals surface area contributed by atoms with Gasteiger partial charge in [-0.15, -0.1) is 12.4 Å². The van der Waals surface area contributed by atoms with Gasteiger partial charge in [0.2, 0.25) is 0 Å². The van der Waals surface area contributed by atoms with Crippen LogP contribution >= 0.6 is 47.2 Å². The summed E-state index contributed by atoms with van der Waals surface area (Å²) in [5.41, 5.74) is 0.545. The van der Waals surface area contributed by atoms with Crippen LogP contribution in [0.2, 0.25) is 10.0 Å². The van der Waals surface area contributed by atoms with Crippen LogP contribution in [0.3, 0.4) is 0 Å². The summed E-state index contributed by atoms with van der Waals surface area (Å²) in [5.74, 6) is 0.711. The quantitative estimate of drug-likeness (QED) is 0.654. The largest absolute Gasteiger partial charge is 0.325 e. The Kier molecular flexibility index (Phi) is 5.86. The van der Waals surface area contributed by atoms with E-state index in [0.29, 0.717) is 21.7 Å². The first kappa shape index (κ1) is 15.7. The first-order valence-corrected chi connectivity index (χ1v) is 6.45. The molecule has 0 bridgehead atoms. The molecule has 1 aliphatic rings. The molecule has 1 aromatic rings. The number of nitrogens with zero attached hydrogens (tertiary/aromatic N) is 2. The average Bonchev–Trinajstić information content (AvgIpc) is 2.72. The normalized spacial score (nSPS) is 16.0. The molecule has 0 aliphatic carbocycles. The standard InChI is InChI=1S/C11H12Cl3N3.ClH/c1-7(12)17-6-5-15-11(17)16-10-8(13)3-2-4-9(10)14;/h2-4,7H,5-6H2,1H3,(H,15,16);1H. The number of alkyl halides is 1. The minimum atomic E-state index is -0.120. The molecular formula is C11H13Cl4N3. The highest BCUT2D eigenvalue weighted by atomic mass is 35.5. The van der Waals surface area contributed by atoms with Gasteiger partial charge in [-0.25, -0.2) is 0 Å². The number of hydrogen-bond acceptors (Lipinski definition) is 3. The van der Waals surface area contributed by atoms with Gasteiger partial charge in [0.05, 0.1) is 22.3 Å². The van der Waals surface area contributed by atoms with Gasteiger partial charge in [0.1, 0.15) is 5.50 Å². The fourth-order valence-corrected chi connectivity index (χ4v) is 2.33. The van der Waals surface area contributed by atoms with Gasteiger partial charge in [-0.3, -0.25) is 4.99 Å². The molecule has 1 atom stereocenters. The Morgan fingerprint density at radius 3 is 2.50 bits per heavy atom. The maximum Gasteiger partial charge on any atom is 0.199 e. The Labute approximate surface area is 128 Å². The Hall–Kier alpha value is -0.350. The third-order valence-corrected chi connectivity index (χ3v) is 3.37. The fraction of sp³-hybridized carbons (Fsp3) is 0.364. The van der Waals surface area contributed by atoms with Gasteiger partial charge >= 0.3 is 0 Å². The molecule has 1 aromatic carbocycles. The highest BCUT2D eigenvalue weighted by Gasteiger charge is 2.22. The van der Waals surface area contributed by atoms with Crippen molar-refractivity contribution in [3.05, 3.63) is 28.2 Å². The van der Waals surface area contributed by atoms with E-state index in [0.717, 1.165) is 13.1 Å². The molecule has 7 heteroatoms. The molecule has 0 spiro atoms. The van der Waals surface area contributed by atoms with E-state index in [-0.39, 0.29) is 17.9 Å². The van der Waals surface area contributed by atoms with E-state index in [4.69, 9.17) is 34.8 Å². The predicted octanol–water partition coefficient (Wildman–Crippen LogP) is 4.08.